The fourth-order valence-electron chi connectivity index (χ4n) is 3.36. The van der Waals surface area contributed by atoms with Gasteiger partial charge in [-0.25, -0.2) is 0 Å². The largest absolute Gasteiger partial charge is 0.374 e. The highest BCUT2D eigenvalue weighted by atomic mass is 16.5. The molecule has 3 unspecified atom stereocenters. The lowest BCUT2D eigenvalue weighted by molar-refractivity contribution is -0.0988. The molecule has 2 heteroatoms. The van der Waals surface area contributed by atoms with Crippen LogP contribution >= 0.6 is 0 Å². The van der Waals surface area contributed by atoms with Gasteiger partial charge < -0.3 is 10.1 Å². The summed E-state index contributed by atoms with van der Waals surface area (Å²) in [6, 6.07) is 0.410. The Bertz CT molecular complexity index is 260. The Morgan fingerprint density at radius 1 is 1.50 bits per heavy atom. The van der Waals surface area contributed by atoms with Crippen LogP contribution < -0.4 is 5.32 Å². The van der Waals surface area contributed by atoms with Gasteiger partial charge in [-0.2, -0.15) is 0 Å². The van der Waals surface area contributed by atoms with Crippen LogP contribution in [0.3, 0.4) is 0 Å². The fraction of sp³-hybridized carbons (Fsp3) is 0.875. The number of ether oxygens (including phenoxy) is 1. The molecule has 106 valence electrons. The molecular formula is C16H31NO. The third kappa shape index (κ3) is 3.83. The first-order valence-electron chi connectivity index (χ1n) is 7.55. The molecule has 0 radical (unpaired) electrons. The van der Waals surface area contributed by atoms with Crippen molar-refractivity contribution in [2.45, 2.75) is 70.9 Å². The Morgan fingerprint density at radius 2 is 2.22 bits per heavy atom. The maximum Gasteiger partial charge on any atom is 0.0840 e. The van der Waals surface area contributed by atoms with Crippen molar-refractivity contribution in [2.24, 2.45) is 5.92 Å². The van der Waals surface area contributed by atoms with Gasteiger partial charge in [0.1, 0.15) is 0 Å². The lowest BCUT2D eigenvalue weighted by Gasteiger charge is -2.45. The second kappa shape index (κ2) is 7.30. The van der Waals surface area contributed by atoms with Crippen LogP contribution in [0.25, 0.3) is 0 Å². The van der Waals surface area contributed by atoms with E-state index in [1.165, 1.54) is 31.3 Å². The first-order chi connectivity index (χ1) is 8.57. The van der Waals surface area contributed by atoms with Gasteiger partial charge in [0.15, 0.2) is 0 Å². The zero-order valence-electron chi connectivity index (χ0n) is 12.7. The Balaban J connectivity index is 2.81. The van der Waals surface area contributed by atoms with Crippen molar-refractivity contribution in [2.75, 3.05) is 13.7 Å². The van der Waals surface area contributed by atoms with Crippen molar-refractivity contribution >= 4 is 0 Å². The summed E-state index contributed by atoms with van der Waals surface area (Å²) in [6.45, 7) is 11.6. The van der Waals surface area contributed by atoms with Crippen LogP contribution in [0.15, 0.2) is 12.2 Å². The Morgan fingerprint density at radius 3 is 2.72 bits per heavy atom. The van der Waals surface area contributed by atoms with Crippen molar-refractivity contribution in [3.63, 3.8) is 0 Å². The molecule has 1 N–H and O–H groups in total. The van der Waals surface area contributed by atoms with Crippen molar-refractivity contribution in [3.05, 3.63) is 12.2 Å². The minimum Gasteiger partial charge on any atom is -0.374 e. The summed E-state index contributed by atoms with van der Waals surface area (Å²) in [5, 5.41) is 3.50. The topological polar surface area (TPSA) is 21.3 Å². The zero-order valence-corrected chi connectivity index (χ0v) is 12.7. The van der Waals surface area contributed by atoms with E-state index in [4.69, 9.17) is 4.74 Å². The molecule has 18 heavy (non-hydrogen) atoms. The molecular weight excluding hydrogens is 222 g/mol. The van der Waals surface area contributed by atoms with Crippen LogP contribution in [0.1, 0.15) is 59.3 Å². The fourth-order valence-corrected chi connectivity index (χ4v) is 3.36. The quantitative estimate of drug-likeness (QED) is 0.694. The van der Waals surface area contributed by atoms with Crippen molar-refractivity contribution in [1.82, 2.24) is 5.32 Å². The van der Waals surface area contributed by atoms with Gasteiger partial charge in [-0.3, -0.25) is 0 Å². The standard InChI is InChI=1S/C16H31NO/c1-6-13(3)11-15(17-5)16(18-7-2)10-8-9-14(4)12-16/h14-15,17H,3,6-12H2,1-2,4-5H3. The lowest BCUT2D eigenvalue weighted by Crippen LogP contribution is -2.54. The normalized spacial score (nSPS) is 30.1. The number of hydrogen-bond acceptors (Lipinski definition) is 2. The molecule has 0 saturated heterocycles. The molecule has 0 aromatic carbocycles. The van der Waals surface area contributed by atoms with E-state index >= 15 is 0 Å². The maximum atomic E-state index is 6.24. The van der Waals surface area contributed by atoms with Crippen LogP contribution in [-0.4, -0.2) is 25.3 Å². The minimum absolute atomic E-state index is 0.0271. The van der Waals surface area contributed by atoms with E-state index in [9.17, 15) is 0 Å². The zero-order chi connectivity index (χ0) is 13.6. The van der Waals surface area contributed by atoms with Gasteiger partial charge in [0.05, 0.1) is 5.60 Å². The first kappa shape index (κ1) is 15.7. The van der Waals surface area contributed by atoms with E-state index in [-0.39, 0.29) is 5.60 Å². The van der Waals surface area contributed by atoms with Gasteiger partial charge >= 0.3 is 0 Å². The predicted octanol–water partition coefficient (Wildman–Crippen LogP) is 3.92. The van der Waals surface area contributed by atoms with Crippen LogP contribution in [0.2, 0.25) is 0 Å². The van der Waals surface area contributed by atoms with Crippen LogP contribution in [0.5, 0.6) is 0 Å². The SMILES string of the molecule is C=C(CC)CC(NC)C1(OCC)CCCC(C)C1. The molecule has 0 aliphatic heterocycles. The molecule has 0 spiro atoms. The molecule has 1 fully saturated rings. The van der Waals surface area contributed by atoms with E-state index in [0.717, 1.165) is 25.4 Å². The molecule has 0 aromatic heterocycles. The monoisotopic (exact) mass is 253 g/mol. The maximum absolute atomic E-state index is 6.24. The third-order valence-electron chi connectivity index (χ3n) is 4.40. The number of nitrogens with one attached hydrogen (secondary N) is 1. The van der Waals surface area contributed by atoms with Gasteiger partial charge in [0.25, 0.3) is 0 Å². The molecule has 1 aliphatic carbocycles. The van der Waals surface area contributed by atoms with Gasteiger partial charge in [-0.15, -0.1) is 0 Å². The Labute approximate surface area is 113 Å². The molecule has 1 saturated carbocycles. The van der Waals surface area contributed by atoms with Gasteiger partial charge in [0, 0.05) is 12.6 Å². The van der Waals surface area contributed by atoms with Crippen LogP contribution in [-0.2, 0) is 4.74 Å². The summed E-state index contributed by atoms with van der Waals surface area (Å²) in [6.07, 6.45) is 7.12. The average molecular weight is 253 g/mol. The predicted molar refractivity (Wildman–Crippen MR) is 78.9 cm³/mol. The Kier molecular flexibility index (Phi) is 6.37. The van der Waals surface area contributed by atoms with Crippen LogP contribution in [0, 0.1) is 5.92 Å². The summed E-state index contributed by atoms with van der Waals surface area (Å²) < 4.78 is 6.24. The van der Waals surface area contributed by atoms with E-state index in [1.54, 1.807) is 0 Å². The molecule has 2 nitrogen and oxygen atoms in total. The van der Waals surface area contributed by atoms with Crippen LogP contribution in [0.4, 0.5) is 0 Å². The summed E-state index contributed by atoms with van der Waals surface area (Å²) in [4.78, 5) is 0. The minimum atomic E-state index is 0.0271. The molecule has 0 heterocycles. The van der Waals surface area contributed by atoms with E-state index < -0.39 is 0 Å². The van der Waals surface area contributed by atoms with E-state index in [0.29, 0.717) is 6.04 Å². The average Bonchev–Trinajstić information content (AvgIpc) is 2.35. The second-order valence-corrected chi connectivity index (χ2v) is 5.85. The van der Waals surface area contributed by atoms with Gasteiger partial charge in [-0.05, 0) is 45.6 Å². The summed E-state index contributed by atoms with van der Waals surface area (Å²) in [7, 11) is 2.06. The smallest absolute Gasteiger partial charge is 0.0840 e. The van der Waals surface area contributed by atoms with E-state index in [1.807, 2.05) is 0 Å². The molecule has 1 aliphatic rings. The van der Waals surface area contributed by atoms with Crippen molar-refractivity contribution in [1.29, 1.82) is 0 Å². The lowest BCUT2D eigenvalue weighted by atomic mass is 9.73. The number of rotatable bonds is 7. The van der Waals surface area contributed by atoms with E-state index in [2.05, 4.69) is 39.7 Å². The summed E-state index contributed by atoms with van der Waals surface area (Å²) in [5.74, 6) is 0.774. The highest BCUT2D eigenvalue weighted by molar-refractivity contribution is 5.05. The Hall–Kier alpha value is -0.340. The van der Waals surface area contributed by atoms with Gasteiger partial charge in [0.2, 0.25) is 0 Å². The third-order valence-corrected chi connectivity index (χ3v) is 4.40. The van der Waals surface area contributed by atoms with Crippen molar-refractivity contribution in [3.8, 4) is 0 Å². The number of hydrogen-bond donors (Lipinski definition) is 1. The molecule has 1 rings (SSSR count). The second-order valence-electron chi connectivity index (χ2n) is 5.85. The summed E-state index contributed by atoms with van der Waals surface area (Å²) >= 11 is 0. The van der Waals surface area contributed by atoms with Gasteiger partial charge in [-0.1, -0.05) is 38.8 Å². The molecule has 0 bridgehead atoms. The summed E-state index contributed by atoms with van der Waals surface area (Å²) in [5.41, 5.74) is 1.35. The van der Waals surface area contributed by atoms with Crippen molar-refractivity contribution < 1.29 is 4.74 Å². The first-order valence-corrected chi connectivity index (χ1v) is 7.55. The molecule has 0 aromatic rings. The molecule has 3 atom stereocenters. The number of likely N-dealkylation sites (N-methyl/N-ethyl adjacent to an activating group) is 1. The molecule has 0 amide bonds. The highest BCUT2D eigenvalue weighted by Crippen LogP contribution is 2.39. The highest BCUT2D eigenvalue weighted by Gasteiger charge is 2.41.